The lowest BCUT2D eigenvalue weighted by Crippen LogP contribution is -2.68. The summed E-state index contributed by atoms with van der Waals surface area (Å²) < 4.78 is 6.79. The molecule has 218 valence electrons. The molecule has 7 fully saturated rings. The Bertz CT molecular complexity index is 1250. The summed E-state index contributed by atoms with van der Waals surface area (Å²) in [6.07, 6.45) is 13.4. The number of fused-ring (bicyclic) bond motifs is 5. The van der Waals surface area contributed by atoms with Gasteiger partial charge in [-0.1, -0.05) is 78.8 Å². The Morgan fingerprint density at radius 3 is 2.25 bits per heavy atom. The fraction of sp³-hybridized carbons (Fsp3) is 0.816. The molecule has 40 heavy (non-hydrogen) atoms. The number of ether oxygens (including phenoxy) is 1. The van der Waals surface area contributed by atoms with E-state index >= 15 is 0 Å². The Morgan fingerprint density at radius 1 is 0.775 bits per heavy atom. The zero-order valence-corrected chi connectivity index (χ0v) is 26.4. The third-order valence-electron chi connectivity index (χ3n) is 16.3. The first-order valence-electron chi connectivity index (χ1n) is 17.0. The lowest BCUT2D eigenvalue weighted by Gasteiger charge is -2.73. The maximum absolute atomic E-state index is 14.4. The van der Waals surface area contributed by atoms with Gasteiger partial charge in [-0.2, -0.15) is 0 Å². The summed E-state index contributed by atoms with van der Waals surface area (Å²) in [5.74, 6) is 3.78. The third-order valence-corrected chi connectivity index (χ3v) is 16.3. The molecule has 11 atom stereocenters. The predicted molar refractivity (Wildman–Crippen MR) is 161 cm³/mol. The molecule has 0 N–H and O–H groups in total. The van der Waals surface area contributed by atoms with E-state index in [1.165, 1.54) is 56.9 Å². The first kappa shape index (κ1) is 26.5. The second-order valence-electron chi connectivity index (χ2n) is 18.3. The van der Waals surface area contributed by atoms with Gasteiger partial charge in [0.1, 0.15) is 5.78 Å². The van der Waals surface area contributed by atoms with E-state index in [2.05, 4.69) is 78.8 Å². The molecule has 6 aliphatic carbocycles. The summed E-state index contributed by atoms with van der Waals surface area (Å²) in [4.78, 5) is 14.4. The molecule has 1 heterocycles. The van der Waals surface area contributed by atoms with Crippen LogP contribution in [0.15, 0.2) is 30.3 Å². The lowest BCUT2D eigenvalue weighted by molar-refractivity contribution is -0.244. The standard InChI is InChI=1S/C38H54O2/c1-32(2)17-19-37-20-18-35(6)25(29(37)30(32)40-23-37)13-14-28-34(5)22-38(21-26(38)24-11-9-8-10-12-24)31(39)33(3,4)27(34)15-16-36(28,35)7/h8-12,25-30H,13-23H2,1-7H3/t25-,26-,27-,28-,29-,30-,34+,35-,36-,37-,38-/m1/s1. The smallest absolute Gasteiger partial charge is 0.145 e. The highest BCUT2D eigenvalue weighted by atomic mass is 16.5. The molecule has 1 aliphatic heterocycles. The maximum Gasteiger partial charge on any atom is 0.145 e. The highest BCUT2D eigenvalue weighted by molar-refractivity contribution is 5.95. The van der Waals surface area contributed by atoms with Crippen molar-refractivity contribution in [3.63, 3.8) is 0 Å². The maximum atomic E-state index is 14.4. The minimum Gasteiger partial charge on any atom is -0.377 e. The molecule has 8 rings (SSSR count). The monoisotopic (exact) mass is 542 g/mol. The summed E-state index contributed by atoms with van der Waals surface area (Å²) >= 11 is 0. The zero-order chi connectivity index (χ0) is 28.1. The van der Waals surface area contributed by atoms with Gasteiger partial charge in [0.15, 0.2) is 0 Å². The summed E-state index contributed by atoms with van der Waals surface area (Å²) in [5, 5.41) is 0. The van der Waals surface area contributed by atoms with Crippen molar-refractivity contribution < 1.29 is 9.53 Å². The summed E-state index contributed by atoms with van der Waals surface area (Å²) in [6, 6.07) is 11.0. The quantitative estimate of drug-likeness (QED) is 0.353. The Morgan fingerprint density at radius 2 is 1.50 bits per heavy atom. The second-order valence-corrected chi connectivity index (χ2v) is 18.3. The van der Waals surface area contributed by atoms with Crippen LogP contribution in [0, 0.1) is 61.6 Å². The molecule has 0 aromatic heterocycles. The van der Waals surface area contributed by atoms with Gasteiger partial charge in [-0.3, -0.25) is 4.79 Å². The van der Waals surface area contributed by atoms with Crippen LogP contribution in [0.5, 0.6) is 0 Å². The van der Waals surface area contributed by atoms with E-state index in [9.17, 15) is 4.79 Å². The van der Waals surface area contributed by atoms with Gasteiger partial charge in [0, 0.05) is 10.8 Å². The summed E-state index contributed by atoms with van der Waals surface area (Å²) in [6.45, 7) is 18.9. The molecule has 1 saturated heterocycles. The predicted octanol–water partition coefficient (Wildman–Crippen LogP) is 9.23. The zero-order valence-electron chi connectivity index (χ0n) is 26.4. The van der Waals surface area contributed by atoms with Crippen molar-refractivity contribution >= 4 is 5.78 Å². The Kier molecular flexibility index (Phi) is 5.08. The summed E-state index contributed by atoms with van der Waals surface area (Å²) in [5.41, 5.74) is 2.75. The number of rotatable bonds is 1. The van der Waals surface area contributed by atoms with Crippen molar-refractivity contribution in [1.82, 2.24) is 0 Å². The van der Waals surface area contributed by atoms with Crippen molar-refractivity contribution in [1.29, 1.82) is 0 Å². The average Bonchev–Trinajstić information content (AvgIpc) is 3.51. The first-order valence-corrected chi connectivity index (χ1v) is 17.0. The van der Waals surface area contributed by atoms with E-state index in [1.807, 2.05) is 0 Å². The second kappa shape index (κ2) is 7.67. The fourth-order valence-electron chi connectivity index (χ4n) is 14.2. The number of hydrogen-bond donors (Lipinski definition) is 0. The SMILES string of the molecule is CC1(C)CC[C@]23CC[C@]4(C)[C@H](CC[C@@H]5[C@@]6(C)C[C@@]7(C[C@@H]7c7ccccc7)C(=O)C(C)(C)[C@H]6CC[C@]54C)[C@@H]2[C@H]1OC3. The minimum atomic E-state index is -0.230. The van der Waals surface area contributed by atoms with Crippen LogP contribution in [0.3, 0.4) is 0 Å². The van der Waals surface area contributed by atoms with E-state index in [4.69, 9.17) is 4.74 Å². The van der Waals surface area contributed by atoms with Crippen molar-refractivity contribution in [2.75, 3.05) is 6.61 Å². The van der Waals surface area contributed by atoms with E-state index in [-0.39, 0.29) is 16.2 Å². The number of Topliss-reactive ketones (excluding diaryl/α,β-unsaturated/α-hetero) is 1. The Hall–Kier alpha value is -1.15. The van der Waals surface area contributed by atoms with Crippen LogP contribution >= 0.6 is 0 Å². The number of carbonyl (C=O) groups is 1. The van der Waals surface area contributed by atoms with Crippen LogP contribution in [0.4, 0.5) is 0 Å². The topological polar surface area (TPSA) is 26.3 Å². The molecule has 1 aromatic carbocycles. The first-order chi connectivity index (χ1) is 18.8. The van der Waals surface area contributed by atoms with E-state index < -0.39 is 0 Å². The molecule has 0 unspecified atom stereocenters. The molecule has 2 bridgehead atoms. The van der Waals surface area contributed by atoms with Gasteiger partial charge in [0.25, 0.3) is 0 Å². The van der Waals surface area contributed by atoms with E-state index in [0.717, 1.165) is 31.3 Å². The van der Waals surface area contributed by atoms with Gasteiger partial charge in [-0.05, 0) is 126 Å². The van der Waals surface area contributed by atoms with Crippen LogP contribution in [-0.2, 0) is 9.53 Å². The van der Waals surface area contributed by atoms with Crippen LogP contribution in [0.25, 0.3) is 0 Å². The summed E-state index contributed by atoms with van der Waals surface area (Å²) in [7, 11) is 0. The van der Waals surface area contributed by atoms with Crippen LogP contribution in [-0.4, -0.2) is 18.5 Å². The largest absolute Gasteiger partial charge is 0.377 e. The van der Waals surface area contributed by atoms with Gasteiger partial charge in [-0.25, -0.2) is 0 Å². The molecule has 1 spiro atoms. The Labute approximate surface area is 243 Å². The number of benzene rings is 1. The molecule has 0 radical (unpaired) electrons. The van der Waals surface area contributed by atoms with Crippen molar-refractivity contribution in [3.05, 3.63) is 35.9 Å². The molecular formula is C38H54O2. The van der Waals surface area contributed by atoms with Crippen molar-refractivity contribution in [2.24, 2.45) is 61.6 Å². The third kappa shape index (κ3) is 2.90. The van der Waals surface area contributed by atoms with E-state index in [0.29, 0.717) is 51.3 Å². The van der Waals surface area contributed by atoms with E-state index in [1.54, 1.807) is 0 Å². The highest BCUT2D eigenvalue weighted by Gasteiger charge is 2.77. The molecule has 7 aliphatic rings. The van der Waals surface area contributed by atoms with Gasteiger partial charge < -0.3 is 4.74 Å². The molecular weight excluding hydrogens is 488 g/mol. The van der Waals surface area contributed by atoms with Crippen LogP contribution in [0.1, 0.15) is 124 Å². The van der Waals surface area contributed by atoms with Crippen molar-refractivity contribution in [2.45, 2.75) is 125 Å². The van der Waals surface area contributed by atoms with Crippen molar-refractivity contribution in [3.8, 4) is 0 Å². The number of hydrogen-bond acceptors (Lipinski definition) is 2. The van der Waals surface area contributed by atoms with Gasteiger partial charge in [0.05, 0.1) is 12.7 Å². The number of ketones is 1. The van der Waals surface area contributed by atoms with Crippen LogP contribution in [0.2, 0.25) is 0 Å². The molecule has 2 nitrogen and oxygen atoms in total. The molecule has 0 amide bonds. The van der Waals surface area contributed by atoms with Gasteiger partial charge in [0.2, 0.25) is 0 Å². The fourth-order valence-corrected chi connectivity index (χ4v) is 14.2. The molecule has 2 heteroatoms. The highest BCUT2D eigenvalue weighted by Crippen LogP contribution is 2.81. The molecule has 6 saturated carbocycles. The average molecular weight is 543 g/mol. The number of carbonyl (C=O) groups excluding carboxylic acids is 1. The van der Waals surface area contributed by atoms with Gasteiger partial charge >= 0.3 is 0 Å². The van der Waals surface area contributed by atoms with Crippen LogP contribution < -0.4 is 0 Å². The normalized spacial score (nSPS) is 55.1. The minimum absolute atomic E-state index is 0.136. The van der Waals surface area contributed by atoms with Gasteiger partial charge in [-0.15, -0.1) is 0 Å². The Balaban J connectivity index is 1.18. The lowest BCUT2D eigenvalue weighted by atomic mass is 9.31. The molecule has 1 aromatic rings.